The molecule has 2 N–H and O–H groups in total. The third kappa shape index (κ3) is 1.94. The molecule has 1 aliphatic rings. The molecular weight excluding hydrogens is 136 g/mol. The lowest BCUT2D eigenvalue weighted by molar-refractivity contribution is 0.0994. The Bertz CT molecular complexity index is 113. The van der Waals surface area contributed by atoms with E-state index in [1.165, 1.54) is 13.0 Å². The molecule has 0 aliphatic carbocycles. The third-order valence-electron chi connectivity index (χ3n) is 2.84. The topological polar surface area (TPSA) is 29.3 Å². The van der Waals surface area contributed by atoms with Crippen LogP contribution in [0.2, 0.25) is 0 Å². The van der Waals surface area contributed by atoms with Crippen molar-refractivity contribution in [1.29, 1.82) is 0 Å². The minimum Gasteiger partial charge on any atom is -0.329 e. The van der Waals surface area contributed by atoms with E-state index < -0.39 is 0 Å². The van der Waals surface area contributed by atoms with Crippen LogP contribution >= 0.6 is 0 Å². The fourth-order valence-electron chi connectivity index (χ4n) is 2.34. The van der Waals surface area contributed by atoms with Crippen LogP contribution in [-0.2, 0) is 0 Å². The molecule has 11 heavy (non-hydrogen) atoms. The Morgan fingerprint density at radius 1 is 1.45 bits per heavy atom. The third-order valence-corrected chi connectivity index (χ3v) is 2.84. The first-order valence-corrected chi connectivity index (χ1v) is 4.55. The number of nitrogens with zero attached hydrogens (tertiary/aromatic N) is 1. The van der Waals surface area contributed by atoms with Crippen molar-refractivity contribution in [3.63, 3.8) is 0 Å². The first-order valence-electron chi connectivity index (χ1n) is 4.55. The highest BCUT2D eigenvalue weighted by Gasteiger charge is 2.27. The van der Waals surface area contributed by atoms with Gasteiger partial charge in [0.05, 0.1) is 0 Å². The summed E-state index contributed by atoms with van der Waals surface area (Å²) in [4.78, 5) is 2.40. The second kappa shape index (κ2) is 3.55. The summed E-state index contributed by atoms with van der Waals surface area (Å²) in [6.07, 6.45) is 1.34. The van der Waals surface area contributed by atoms with E-state index in [2.05, 4.69) is 25.8 Å². The second-order valence-electron chi connectivity index (χ2n) is 4.06. The molecule has 0 radical (unpaired) electrons. The number of rotatable bonds is 1. The van der Waals surface area contributed by atoms with Gasteiger partial charge in [0, 0.05) is 19.1 Å². The summed E-state index contributed by atoms with van der Waals surface area (Å²) in [5.41, 5.74) is 5.69. The van der Waals surface area contributed by atoms with Gasteiger partial charge in [0.15, 0.2) is 0 Å². The van der Waals surface area contributed by atoms with Gasteiger partial charge in [-0.25, -0.2) is 0 Å². The van der Waals surface area contributed by atoms with Crippen molar-refractivity contribution in [1.82, 2.24) is 4.90 Å². The maximum Gasteiger partial charge on any atom is 0.0241 e. The quantitative estimate of drug-likeness (QED) is 0.612. The van der Waals surface area contributed by atoms with Crippen LogP contribution in [0.15, 0.2) is 0 Å². The van der Waals surface area contributed by atoms with Crippen molar-refractivity contribution in [3.05, 3.63) is 0 Å². The number of likely N-dealkylation sites (N-methyl/N-ethyl adjacent to an activating group) is 1. The molecule has 0 amide bonds. The molecule has 66 valence electrons. The zero-order valence-electron chi connectivity index (χ0n) is 7.88. The highest BCUT2D eigenvalue weighted by molar-refractivity contribution is 4.83. The monoisotopic (exact) mass is 156 g/mol. The molecule has 0 aromatic carbocycles. The lowest BCUT2D eigenvalue weighted by Crippen LogP contribution is -2.48. The lowest BCUT2D eigenvalue weighted by Gasteiger charge is -2.40. The van der Waals surface area contributed by atoms with Crippen LogP contribution in [0.5, 0.6) is 0 Å². The van der Waals surface area contributed by atoms with Crippen molar-refractivity contribution >= 4 is 0 Å². The molecule has 1 aliphatic heterocycles. The van der Waals surface area contributed by atoms with Gasteiger partial charge in [-0.05, 0) is 25.3 Å². The van der Waals surface area contributed by atoms with Gasteiger partial charge in [-0.15, -0.1) is 0 Å². The highest BCUT2D eigenvalue weighted by Crippen LogP contribution is 2.24. The molecule has 0 bridgehead atoms. The Hall–Kier alpha value is -0.0800. The van der Waals surface area contributed by atoms with E-state index in [4.69, 9.17) is 5.73 Å². The van der Waals surface area contributed by atoms with Gasteiger partial charge in [0.25, 0.3) is 0 Å². The molecule has 0 saturated carbocycles. The highest BCUT2D eigenvalue weighted by atomic mass is 15.2. The van der Waals surface area contributed by atoms with E-state index >= 15 is 0 Å². The number of piperidine rings is 1. The Morgan fingerprint density at radius 2 is 2.09 bits per heavy atom. The zero-order chi connectivity index (χ0) is 8.43. The zero-order valence-corrected chi connectivity index (χ0v) is 7.88. The average Bonchev–Trinajstić information content (AvgIpc) is 1.85. The predicted octanol–water partition coefficient (Wildman–Crippen LogP) is 0.921. The SMILES string of the molecule is CC1CC(C)C(CN)N(C)C1. The van der Waals surface area contributed by atoms with Crippen LogP contribution in [0, 0.1) is 11.8 Å². The summed E-state index contributed by atoms with van der Waals surface area (Å²) in [6.45, 7) is 6.65. The number of hydrogen-bond donors (Lipinski definition) is 1. The van der Waals surface area contributed by atoms with E-state index in [-0.39, 0.29) is 0 Å². The summed E-state index contributed by atoms with van der Waals surface area (Å²) in [5.74, 6) is 1.62. The van der Waals surface area contributed by atoms with Gasteiger partial charge in [-0.2, -0.15) is 0 Å². The number of nitrogens with two attached hydrogens (primary N) is 1. The van der Waals surface area contributed by atoms with Crippen LogP contribution in [0.4, 0.5) is 0 Å². The van der Waals surface area contributed by atoms with Crippen LogP contribution in [0.3, 0.4) is 0 Å². The fourth-order valence-corrected chi connectivity index (χ4v) is 2.34. The summed E-state index contributed by atoms with van der Waals surface area (Å²) < 4.78 is 0. The van der Waals surface area contributed by atoms with Crippen molar-refractivity contribution in [3.8, 4) is 0 Å². The second-order valence-corrected chi connectivity index (χ2v) is 4.06. The summed E-state index contributed by atoms with van der Waals surface area (Å²) in [7, 11) is 2.18. The maximum absolute atomic E-state index is 5.69. The fraction of sp³-hybridized carbons (Fsp3) is 1.00. The minimum atomic E-state index is 0.617. The van der Waals surface area contributed by atoms with Crippen molar-refractivity contribution in [2.75, 3.05) is 20.1 Å². The normalized spacial score (nSPS) is 40.9. The molecule has 2 heteroatoms. The molecule has 1 rings (SSSR count). The smallest absolute Gasteiger partial charge is 0.0241 e. The van der Waals surface area contributed by atoms with Crippen molar-refractivity contribution < 1.29 is 0 Å². The van der Waals surface area contributed by atoms with Crippen molar-refractivity contribution in [2.24, 2.45) is 17.6 Å². The Balaban J connectivity index is 2.52. The van der Waals surface area contributed by atoms with E-state index in [0.29, 0.717) is 6.04 Å². The molecule has 0 aromatic rings. The van der Waals surface area contributed by atoms with Crippen LogP contribution < -0.4 is 5.73 Å². The van der Waals surface area contributed by atoms with Gasteiger partial charge in [-0.3, -0.25) is 0 Å². The molecule has 1 fully saturated rings. The first kappa shape index (κ1) is 9.01. The minimum absolute atomic E-state index is 0.617. The van der Waals surface area contributed by atoms with Crippen LogP contribution in [0.25, 0.3) is 0 Å². The Kier molecular flexibility index (Phi) is 2.90. The predicted molar refractivity (Wildman–Crippen MR) is 48.4 cm³/mol. The summed E-state index contributed by atoms with van der Waals surface area (Å²) in [6, 6.07) is 0.617. The molecule has 1 heterocycles. The van der Waals surface area contributed by atoms with E-state index in [1.807, 2.05) is 0 Å². The Labute approximate surface area is 69.8 Å². The van der Waals surface area contributed by atoms with Gasteiger partial charge in [-0.1, -0.05) is 13.8 Å². The van der Waals surface area contributed by atoms with Gasteiger partial charge >= 0.3 is 0 Å². The van der Waals surface area contributed by atoms with Crippen LogP contribution in [-0.4, -0.2) is 31.1 Å². The summed E-state index contributed by atoms with van der Waals surface area (Å²) in [5, 5.41) is 0. The summed E-state index contributed by atoms with van der Waals surface area (Å²) >= 11 is 0. The van der Waals surface area contributed by atoms with Gasteiger partial charge in [0.1, 0.15) is 0 Å². The van der Waals surface area contributed by atoms with Crippen molar-refractivity contribution in [2.45, 2.75) is 26.3 Å². The largest absolute Gasteiger partial charge is 0.329 e. The molecular formula is C9H20N2. The molecule has 3 atom stereocenters. The number of hydrogen-bond acceptors (Lipinski definition) is 2. The average molecular weight is 156 g/mol. The van der Waals surface area contributed by atoms with Crippen LogP contribution in [0.1, 0.15) is 20.3 Å². The standard InChI is InChI=1S/C9H20N2/c1-7-4-8(2)9(5-10)11(3)6-7/h7-9H,4-6,10H2,1-3H3. The first-order chi connectivity index (χ1) is 5.15. The lowest BCUT2D eigenvalue weighted by atomic mass is 9.85. The molecule has 2 nitrogen and oxygen atoms in total. The molecule has 0 spiro atoms. The molecule has 1 saturated heterocycles. The van der Waals surface area contributed by atoms with E-state index in [9.17, 15) is 0 Å². The maximum atomic E-state index is 5.69. The molecule has 0 aromatic heterocycles. The Morgan fingerprint density at radius 3 is 2.55 bits per heavy atom. The van der Waals surface area contributed by atoms with E-state index in [0.717, 1.165) is 18.4 Å². The van der Waals surface area contributed by atoms with E-state index in [1.54, 1.807) is 0 Å². The molecule has 3 unspecified atom stereocenters. The van der Waals surface area contributed by atoms with Gasteiger partial charge in [0.2, 0.25) is 0 Å². The number of likely N-dealkylation sites (tertiary alicyclic amines) is 1. The van der Waals surface area contributed by atoms with Gasteiger partial charge < -0.3 is 10.6 Å².